The molecule has 2 amide bonds. The maximum Gasteiger partial charge on any atom is 0.248 e. The minimum atomic E-state index is -3.35. The summed E-state index contributed by atoms with van der Waals surface area (Å²) in [5, 5.41) is 21.9. The predicted octanol–water partition coefficient (Wildman–Crippen LogP) is 0.929. The quantitative estimate of drug-likeness (QED) is 0.458. The van der Waals surface area contributed by atoms with Gasteiger partial charge in [-0.25, -0.2) is 17.8 Å². The van der Waals surface area contributed by atoms with E-state index in [2.05, 4.69) is 20.4 Å². The van der Waals surface area contributed by atoms with Gasteiger partial charge in [0.15, 0.2) is 0 Å². The second kappa shape index (κ2) is 10.4. The summed E-state index contributed by atoms with van der Waals surface area (Å²) in [5.41, 5.74) is 0.393. The predicted molar refractivity (Wildman–Crippen MR) is 133 cm³/mol. The highest BCUT2D eigenvalue weighted by molar-refractivity contribution is 7.88. The molecule has 36 heavy (non-hydrogen) atoms. The van der Waals surface area contributed by atoms with Crippen molar-refractivity contribution >= 4 is 21.8 Å². The Labute approximate surface area is 213 Å². The van der Waals surface area contributed by atoms with Crippen LogP contribution in [0, 0.1) is 11.3 Å². The summed E-state index contributed by atoms with van der Waals surface area (Å²) in [6.07, 6.45) is 7.97. The first-order valence-corrected chi connectivity index (χ1v) is 14.9. The monoisotopic (exact) mass is 524 g/mol. The van der Waals surface area contributed by atoms with E-state index < -0.39 is 33.6 Å². The molecule has 2 heterocycles. The number of rotatable bonds is 8. The lowest BCUT2D eigenvalue weighted by Crippen LogP contribution is -2.52. The fraction of sp³-hybridized carbons (Fsp3) is 0.833. The number of aliphatic hydroxyl groups excluding tert-OH is 1. The van der Waals surface area contributed by atoms with Crippen molar-refractivity contribution in [2.75, 3.05) is 19.3 Å². The van der Waals surface area contributed by atoms with E-state index in [1.807, 2.05) is 27.0 Å². The largest absolute Gasteiger partial charge is 0.391 e. The van der Waals surface area contributed by atoms with Crippen LogP contribution in [0.3, 0.4) is 0 Å². The van der Waals surface area contributed by atoms with Crippen LogP contribution < -0.4 is 10.0 Å². The highest BCUT2D eigenvalue weighted by Gasteiger charge is 2.45. The molecule has 0 aromatic carbocycles. The van der Waals surface area contributed by atoms with Crippen molar-refractivity contribution in [3.8, 4) is 0 Å². The lowest BCUT2D eigenvalue weighted by Gasteiger charge is -2.35. The van der Waals surface area contributed by atoms with Crippen LogP contribution in [0.2, 0.25) is 0 Å². The van der Waals surface area contributed by atoms with Crippen molar-refractivity contribution in [1.29, 1.82) is 0 Å². The van der Waals surface area contributed by atoms with E-state index >= 15 is 0 Å². The SMILES string of the molecule is CC(C)(C)[C@H](C(=O)N1CC(O)CC1C(=O)NCC1CCCCC1NS(C)(=O)=O)n1cc(C2CC2)nn1. The molecule has 2 aliphatic carbocycles. The zero-order valence-corrected chi connectivity index (χ0v) is 22.5. The van der Waals surface area contributed by atoms with Gasteiger partial charge in [0.2, 0.25) is 21.8 Å². The number of carbonyl (C=O) groups is 2. The molecule has 0 radical (unpaired) electrons. The van der Waals surface area contributed by atoms with Crippen LogP contribution in [0.5, 0.6) is 0 Å². The lowest BCUT2D eigenvalue weighted by molar-refractivity contribution is -0.144. The first-order valence-electron chi connectivity index (χ1n) is 13.0. The number of likely N-dealkylation sites (tertiary alicyclic amines) is 1. The Morgan fingerprint density at radius 2 is 1.89 bits per heavy atom. The van der Waals surface area contributed by atoms with Gasteiger partial charge in [-0.05, 0) is 37.0 Å². The minimum absolute atomic E-state index is 0.0220. The van der Waals surface area contributed by atoms with Gasteiger partial charge in [-0.3, -0.25) is 9.59 Å². The highest BCUT2D eigenvalue weighted by atomic mass is 32.2. The molecule has 3 N–H and O–H groups in total. The van der Waals surface area contributed by atoms with Crippen LogP contribution in [0.4, 0.5) is 0 Å². The number of β-amino-alcohol motifs (C(OH)–C–C–N with tert-alkyl or cyclic N) is 1. The standard InChI is InChI=1S/C24H40N6O5S/c1-24(2,3)21(30-14-19(26-28-30)15-9-10-15)23(33)29-13-17(31)11-20(29)22(32)25-12-16-7-5-6-8-18(16)27-36(4,34)35/h14-18,20-21,27,31H,5-13H2,1-4H3,(H,25,32)/t16?,17?,18?,20?,21-/m0/s1. The molecule has 12 heteroatoms. The van der Waals surface area contributed by atoms with Crippen molar-refractivity contribution < 1.29 is 23.1 Å². The topological polar surface area (TPSA) is 147 Å². The summed E-state index contributed by atoms with van der Waals surface area (Å²) in [5.74, 6) is -0.206. The van der Waals surface area contributed by atoms with Gasteiger partial charge in [-0.2, -0.15) is 0 Å². The molecule has 1 aliphatic heterocycles. The Bertz CT molecular complexity index is 1060. The van der Waals surface area contributed by atoms with Crippen LogP contribution >= 0.6 is 0 Å². The summed E-state index contributed by atoms with van der Waals surface area (Å²) in [4.78, 5) is 28.6. The van der Waals surface area contributed by atoms with E-state index in [1.54, 1.807) is 4.68 Å². The summed E-state index contributed by atoms with van der Waals surface area (Å²) < 4.78 is 27.8. The minimum Gasteiger partial charge on any atom is -0.391 e. The number of nitrogens with zero attached hydrogens (tertiary/aromatic N) is 4. The summed E-state index contributed by atoms with van der Waals surface area (Å²) in [7, 11) is -3.35. The van der Waals surface area contributed by atoms with Gasteiger partial charge in [0.05, 0.1) is 18.1 Å². The van der Waals surface area contributed by atoms with Crippen LogP contribution in [0.15, 0.2) is 6.20 Å². The van der Waals surface area contributed by atoms with Crippen molar-refractivity contribution in [2.24, 2.45) is 11.3 Å². The number of carbonyl (C=O) groups excluding carboxylic acids is 2. The summed E-state index contributed by atoms with van der Waals surface area (Å²) >= 11 is 0. The third kappa shape index (κ3) is 6.44. The Kier molecular flexibility index (Phi) is 7.78. The molecule has 0 spiro atoms. The molecule has 3 aliphatic rings. The molecule has 11 nitrogen and oxygen atoms in total. The summed E-state index contributed by atoms with van der Waals surface area (Å²) in [6, 6.07) is -1.69. The average Bonchev–Trinajstić information content (AvgIpc) is 3.38. The molecular formula is C24H40N6O5S. The van der Waals surface area contributed by atoms with Gasteiger partial charge in [0.25, 0.3) is 0 Å². The molecule has 1 saturated heterocycles. The fourth-order valence-corrected chi connectivity index (χ4v) is 6.42. The summed E-state index contributed by atoms with van der Waals surface area (Å²) in [6.45, 7) is 6.25. The van der Waals surface area contributed by atoms with E-state index in [1.165, 1.54) is 4.90 Å². The number of sulfonamides is 1. The number of nitrogens with one attached hydrogen (secondary N) is 2. The molecule has 3 fully saturated rings. The molecule has 202 valence electrons. The molecule has 5 atom stereocenters. The Hall–Kier alpha value is -2.05. The molecular weight excluding hydrogens is 484 g/mol. The average molecular weight is 525 g/mol. The third-order valence-corrected chi connectivity index (χ3v) is 8.25. The van der Waals surface area contributed by atoms with Gasteiger partial charge < -0.3 is 15.3 Å². The maximum absolute atomic E-state index is 13.8. The number of aliphatic hydroxyl groups is 1. The van der Waals surface area contributed by atoms with Crippen LogP contribution in [-0.2, 0) is 19.6 Å². The molecule has 2 saturated carbocycles. The molecule has 4 rings (SSSR count). The Morgan fingerprint density at radius 1 is 1.19 bits per heavy atom. The number of amides is 2. The fourth-order valence-electron chi connectivity index (χ4n) is 5.56. The van der Waals surface area contributed by atoms with Crippen molar-refractivity contribution in [3.05, 3.63) is 11.9 Å². The first-order chi connectivity index (χ1) is 16.8. The van der Waals surface area contributed by atoms with Crippen molar-refractivity contribution in [3.63, 3.8) is 0 Å². The molecule has 0 bridgehead atoms. The second-order valence-corrected chi connectivity index (χ2v) is 13.6. The highest BCUT2D eigenvalue weighted by Crippen LogP contribution is 2.40. The molecule has 1 aromatic heterocycles. The zero-order chi connectivity index (χ0) is 26.3. The lowest BCUT2D eigenvalue weighted by atomic mass is 9.85. The van der Waals surface area contributed by atoms with Crippen LogP contribution in [-0.4, -0.2) is 82.8 Å². The number of aromatic nitrogens is 3. The molecule has 4 unspecified atom stereocenters. The first kappa shape index (κ1) is 27.0. The number of hydrogen-bond acceptors (Lipinski definition) is 7. The van der Waals surface area contributed by atoms with Crippen LogP contribution in [0.1, 0.15) is 83.4 Å². The van der Waals surface area contributed by atoms with Gasteiger partial charge in [0, 0.05) is 37.7 Å². The number of hydrogen-bond donors (Lipinski definition) is 3. The smallest absolute Gasteiger partial charge is 0.248 e. The van der Waals surface area contributed by atoms with Gasteiger partial charge in [0.1, 0.15) is 12.1 Å². The van der Waals surface area contributed by atoms with Crippen molar-refractivity contribution in [2.45, 2.75) is 95.9 Å². The Morgan fingerprint density at radius 3 is 2.53 bits per heavy atom. The Balaban J connectivity index is 1.46. The van der Waals surface area contributed by atoms with E-state index in [-0.39, 0.29) is 36.7 Å². The van der Waals surface area contributed by atoms with Gasteiger partial charge in [-0.1, -0.05) is 38.8 Å². The van der Waals surface area contributed by atoms with E-state index in [0.717, 1.165) is 50.5 Å². The second-order valence-electron chi connectivity index (χ2n) is 11.8. The maximum atomic E-state index is 13.8. The molecule has 1 aromatic rings. The van der Waals surface area contributed by atoms with Crippen molar-refractivity contribution in [1.82, 2.24) is 29.9 Å². The van der Waals surface area contributed by atoms with Gasteiger partial charge >= 0.3 is 0 Å². The van der Waals surface area contributed by atoms with E-state index in [4.69, 9.17) is 0 Å². The van der Waals surface area contributed by atoms with Crippen LogP contribution in [0.25, 0.3) is 0 Å². The van der Waals surface area contributed by atoms with Gasteiger partial charge in [-0.15, -0.1) is 5.10 Å². The normalized spacial score (nSPS) is 28.2. The third-order valence-electron chi connectivity index (χ3n) is 7.52. The van der Waals surface area contributed by atoms with E-state index in [0.29, 0.717) is 12.5 Å². The zero-order valence-electron chi connectivity index (χ0n) is 21.7. The van der Waals surface area contributed by atoms with E-state index in [9.17, 15) is 23.1 Å².